The van der Waals surface area contributed by atoms with Crippen molar-refractivity contribution in [3.05, 3.63) is 77.1 Å². The Bertz CT molecular complexity index is 1490. The smallest absolute Gasteiger partial charge is 0.168 e. The maximum atomic E-state index is 14.5. The molecule has 6 rings (SSSR count). The summed E-state index contributed by atoms with van der Waals surface area (Å²) in [6.45, 7) is 7.59. The van der Waals surface area contributed by atoms with E-state index in [1.165, 1.54) is 18.2 Å². The largest absolute Gasteiger partial charge is 0.382 e. The second-order valence-corrected chi connectivity index (χ2v) is 10.8. The molecule has 9 heteroatoms. The summed E-state index contributed by atoms with van der Waals surface area (Å²) < 4.78 is 34.3. The van der Waals surface area contributed by atoms with E-state index in [0.717, 1.165) is 29.8 Å². The van der Waals surface area contributed by atoms with Crippen molar-refractivity contribution in [1.29, 1.82) is 0 Å². The number of fused-ring (bicyclic) bond motifs is 5. The molecule has 0 amide bonds. The monoisotopic (exact) mass is 489 g/mol. The molecular weight excluding hydrogens is 464 g/mol. The van der Waals surface area contributed by atoms with Crippen LogP contribution in [0.5, 0.6) is 0 Å². The zero-order valence-corrected chi connectivity index (χ0v) is 20.4. The summed E-state index contributed by atoms with van der Waals surface area (Å²) in [5, 5.41) is 23.2. The van der Waals surface area contributed by atoms with Gasteiger partial charge in [0.2, 0.25) is 0 Å². The van der Waals surface area contributed by atoms with Crippen molar-refractivity contribution in [2.45, 2.75) is 57.5 Å². The van der Waals surface area contributed by atoms with E-state index in [9.17, 15) is 13.9 Å². The van der Waals surface area contributed by atoms with Crippen LogP contribution < -0.4 is 0 Å². The molecule has 4 aromatic rings. The lowest BCUT2D eigenvalue weighted by molar-refractivity contribution is 0.0476. The van der Waals surface area contributed by atoms with Gasteiger partial charge in [-0.1, -0.05) is 25.1 Å². The molecule has 0 aliphatic heterocycles. The zero-order chi connectivity index (χ0) is 25.5. The second kappa shape index (κ2) is 7.46. The van der Waals surface area contributed by atoms with Crippen LogP contribution in [0.25, 0.3) is 22.6 Å². The quantitative estimate of drug-likeness (QED) is 0.416. The van der Waals surface area contributed by atoms with Gasteiger partial charge in [-0.15, -0.1) is 5.10 Å². The van der Waals surface area contributed by atoms with Gasteiger partial charge in [0.15, 0.2) is 5.76 Å². The first kappa shape index (κ1) is 22.8. The molecule has 2 bridgehead atoms. The lowest BCUT2D eigenvalue weighted by Crippen LogP contribution is -2.38. The van der Waals surface area contributed by atoms with Crippen LogP contribution >= 0.6 is 0 Å². The van der Waals surface area contributed by atoms with E-state index in [1.807, 2.05) is 0 Å². The molecule has 1 saturated carbocycles. The van der Waals surface area contributed by atoms with Gasteiger partial charge >= 0.3 is 0 Å². The van der Waals surface area contributed by atoms with E-state index < -0.39 is 22.7 Å². The molecule has 0 radical (unpaired) electrons. The Morgan fingerprint density at radius 1 is 1.03 bits per heavy atom. The van der Waals surface area contributed by atoms with Gasteiger partial charge in [-0.25, -0.2) is 13.8 Å². The molecule has 184 valence electrons. The van der Waals surface area contributed by atoms with Crippen LogP contribution in [0, 0.1) is 17.0 Å². The fraction of sp³-hybridized carbons (Fsp3) is 0.370. The Morgan fingerprint density at radius 3 is 2.47 bits per heavy atom. The normalized spacial score (nSPS) is 22.1. The van der Waals surface area contributed by atoms with Crippen molar-refractivity contribution < 1.29 is 18.4 Å². The van der Waals surface area contributed by atoms with Crippen LogP contribution in [0.15, 0.2) is 47.2 Å². The summed E-state index contributed by atoms with van der Waals surface area (Å²) in [4.78, 5) is 9.40. The third-order valence-electron chi connectivity index (χ3n) is 8.05. The SMILES string of the molecule is CC(C)(O)c1cc(-c2cncc([C@@]34CC[C@@H](c5cc(-c6c(F)cccc6F)nnc53)C4(C)C)n2)no1. The van der Waals surface area contributed by atoms with Crippen LogP contribution in [0.3, 0.4) is 0 Å². The fourth-order valence-electron chi connectivity index (χ4n) is 6.14. The van der Waals surface area contributed by atoms with E-state index in [0.29, 0.717) is 17.1 Å². The number of rotatable bonds is 4. The van der Waals surface area contributed by atoms with E-state index in [2.05, 4.69) is 34.2 Å². The molecule has 2 aliphatic carbocycles. The van der Waals surface area contributed by atoms with Crippen molar-refractivity contribution in [1.82, 2.24) is 25.3 Å². The standard InChI is InChI=1S/C27H25F2N5O2/c1-25(2)15-8-9-27(25,21-13-30-12-20(31-21)18-11-22(36-34-18)26(3,4)35)24-14(15)10-19(32-33-24)23-16(28)6-5-7-17(23)29/h5-7,10-13,15,35H,8-9H2,1-4H3/t15-,27-/m0/s1. The number of benzene rings is 1. The number of hydrogen-bond donors (Lipinski definition) is 1. The molecular formula is C27H25F2N5O2. The fourth-order valence-corrected chi connectivity index (χ4v) is 6.14. The molecule has 0 spiro atoms. The molecule has 2 atom stereocenters. The molecule has 3 aromatic heterocycles. The summed E-state index contributed by atoms with van der Waals surface area (Å²) in [6.07, 6.45) is 5.03. The van der Waals surface area contributed by atoms with Crippen molar-refractivity contribution in [3.63, 3.8) is 0 Å². The Morgan fingerprint density at radius 2 is 1.78 bits per heavy atom. The average Bonchev–Trinajstić information content (AvgIpc) is 3.48. The Hall–Kier alpha value is -3.59. The summed E-state index contributed by atoms with van der Waals surface area (Å²) >= 11 is 0. The summed E-state index contributed by atoms with van der Waals surface area (Å²) in [6, 6.07) is 7.21. The number of hydrogen-bond acceptors (Lipinski definition) is 7. The molecule has 3 heterocycles. The highest BCUT2D eigenvalue weighted by molar-refractivity contribution is 5.64. The van der Waals surface area contributed by atoms with E-state index in [4.69, 9.17) is 9.51 Å². The minimum absolute atomic E-state index is 0.121. The maximum Gasteiger partial charge on any atom is 0.168 e. The summed E-state index contributed by atoms with van der Waals surface area (Å²) in [5.74, 6) is -0.888. The lowest BCUT2D eigenvalue weighted by Gasteiger charge is -2.37. The topological polar surface area (TPSA) is 97.8 Å². The van der Waals surface area contributed by atoms with Crippen molar-refractivity contribution >= 4 is 0 Å². The van der Waals surface area contributed by atoms with Crippen molar-refractivity contribution in [2.75, 3.05) is 0 Å². The van der Waals surface area contributed by atoms with E-state index in [1.54, 1.807) is 38.4 Å². The van der Waals surface area contributed by atoms with Gasteiger partial charge in [0.25, 0.3) is 0 Å². The molecule has 0 unspecified atom stereocenters. The molecule has 1 aromatic carbocycles. The molecule has 1 N–H and O–H groups in total. The van der Waals surface area contributed by atoms with Crippen LogP contribution in [0.4, 0.5) is 8.78 Å². The second-order valence-electron chi connectivity index (χ2n) is 10.8. The summed E-state index contributed by atoms with van der Waals surface area (Å²) in [7, 11) is 0. The van der Waals surface area contributed by atoms with Gasteiger partial charge in [-0.3, -0.25) is 4.98 Å². The number of aliphatic hydroxyl groups is 1. The Labute approximate surface area is 206 Å². The van der Waals surface area contributed by atoms with E-state index >= 15 is 0 Å². The van der Waals surface area contributed by atoms with Gasteiger partial charge in [0, 0.05) is 12.3 Å². The number of aromatic nitrogens is 5. The molecule has 2 aliphatic rings. The highest BCUT2D eigenvalue weighted by atomic mass is 19.1. The van der Waals surface area contributed by atoms with Crippen molar-refractivity contribution in [3.8, 4) is 22.6 Å². The Balaban J connectivity index is 1.48. The van der Waals surface area contributed by atoms with E-state index in [-0.39, 0.29) is 22.6 Å². The minimum Gasteiger partial charge on any atom is -0.382 e. The molecule has 1 fully saturated rings. The predicted octanol–water partition coefficient (Wildman–Crippen LogP) is 5.30. The first-order valence-electron chi connectivity index (χ1n) is 11.9. The average molecular weight is 490 g/mol. The molecule has 36 heavy (non-hydrogen) atoms. The Kier molecular flexibility index (Phi) is 4.73. The zero-order valence-electron chi connectivity index (χ0n) is 20.4. The third-order valence-corrected chi connectivity index (χ3v) is 8.05. The van der Waals surface area contributed by atoms with Gasteiger partial charge < -0.3 is 9.63 Å². The predicted molar refractivity (Wildman–Crippen MR) is 127 cm³/mol. The maximum absolute atomic E-state index is 14.5. The highest BCUT2D eigenvalue weighted by Crippen LogP contribution is 2.69. The summed E-state index contributed by atoms with van der Waals surface area (Å²) in [5.41, 5.74) is 1.42. The van der Waals surface area contributed by atoms with Gasteiger partial charge in [0.05, 0.1) is 34.3 Å². The number of halogens is 2. The first-order chi connectivity index (χ1) is 17.0. The third kappa shape index (κ3) is 3.01. The van der Waals surface area contributed by atoms with Gasteiger partial charge in [-0.05, 0) is 61.8 Å². The van der Waals surface area contributed by atoms with Gasteiger partial charge in [0.1, 0.15) is 28.6 Å². The van der Waals surface area contributed by atoms with Crippen LogP contribution in [0.1, 0.15) is 69.2 Å². The van der Waals surface area contributed by atoms with Crippen molar-refractivity contribution in [2.24, 2.45) is 5.41 Å². The highest BCUT2D eigenvalue weighted by Gasteiger charge is 2.65. The van der Waals surface area contributed by atoms with Crippen LogP contribution in [-0.4, -0.2) is 30.4 Å². The first-order valence-corrected chi connectivity index (χ1v) is 11.9. The molecule has 0 saturated heterocycles. The minimum atomic E-state index is -1.18. The van der Waals surface area contributed by atoms with Crippen LogP contribution in [-0.2, 0) is 11.0 Å². The van der Waals surface area contributed by atoms with Gasteiger partial charge in [-0.2, -0.15) is 5.10 Å². The molecule has 7 nitrogen and oxygen atoms in total. The lowest BCUT2D eigenvalue weighted by atomic mass is 9.66. The van der Waals surface area contributed by atoms with Crippen LogP contribution in [0.2, 0.25) is 0 Å². The number of nitrogens with zero attached hydrogens (tertiary/aromatic N) is 5.